The van der Waals surface area contributed by atoms with Crippen molar-refractivity contribution in [1.29, 1.82) is 0 Å². The van der Waals surface area contributed by atoms with Crippen molar-refractivity contribution in [3.8, 4) is 5.75 Å². The monoisotopic (exact) mass is 417 g/mol. The molecule has 1 saturated heterocycles. The first kappa shape index (κ1) is 19.6. The van der Waals surface area contributed by atoms with Gasteiger partial charge in [0.2, 0.25) is 0 Å². The average molecular weight is 417 g/mol. The minimum absolute atomic E-state index is 0.270. The number of carbonyl (C=O) groups is 1. The maximum Gasteiger partial charge on any atom is 0.275 e. The zero-order chi connectivity index (χ0) is 20.4. The van der Waals surface area contributed by atoms with Crippen LogP contribution in [0.2, 0.25) is 0 Å². The number of methoxy groups -OCH3 is 2. The predicted molar refractivity (Wildman–Crippen MR) is 111 cm³/mol. The Balaban J connectivity index is 1.65. The molecule has 0 atom stereocenters. The highest BCUT2D eigenvalue weighted by atomic mass is 32.1. The molecule has 29 heavy (non-hydrogen) atoms. The number of carbonyl (C=O) groups excluding carboxylic acids is 1. The molecule has 10 heteroatoms. The second-order valence-electron chi connectivity index (χ2n) is 6.59. The summed E-state index contributed by atoms with van der Waals surface area (Å²) in [5, 5.41) is 3.41. The molecular formula is C19H23N5O4S. The third kappa shape index (κ3) is 3.78. The van der Waals surface area contributed by atoms with Crippen LogP contribution in [-0.4, -0.2) is 61.0 Å². The first-order valence-electron chi connectivity index (χ1n) is 9.23. The molecule has 1 aliphatic heterocycles. The molecule has 0 radical (unpaired) electrons. The van der Waals surface area contributed by atoms with Crippen LogP contribution in [0.25, 0.3) is 10.2 Å². The Morgan fingerprint density at radius 3 is 2.83 bits per heavy atom. The van der Waals surface area contributed by atoms with Crippen molar-refractivity contribution < 1.29 is 19.0 Å². The molecule has 1 fully saturated rings. The van der Waals surface area contributed by atoms with E-state index in [4.69, 9.17) is 14.2 Å². The van der Waals surface area contributed by atoms with Crippen molar-refractivity contribution in [2.75, 3.05) is 50.7 Å². The molecule has 1 N–H and O–H groups in total. The zero-order valence-corrected chi connectivity index (χ0v) is 17.4. The highest BCUT2D eigenvalue weighted by Crippen LogP contribution is 2.39. The molecular weight excluding hydrogens is 394 g/mol. The molecule has 154 valence electrons. The third-order valence-electron chi connectivity index (χ3n) is 4.87. The minimum atomic E-state index is -0.270. The van der Waals surface area contributed by atoms with Gasteiger partial charge in [-0.3, -0.25) is 10.1 Å². The molecule has 9 nitrogen and oxygen atoms in total. The Labute approximate surface area is 172 Å². The largest absolute Gasteiger partial charge is 0.494 e. The van der Waals surface area contributed by atoms with Crippen molar-refractivity contribution in [3.05, 3.63) is 29.8 Å². The van der Waals surface area contributed by atoms with Crippen LogP contribution in [0.4, 0.5) is 10.8 Å². The second-order valence-corrected chi connectivity index (χ2v) is 7.59. The Hall–Kier alpha value is -2.69. The fourth-order valence-corrected chi connectivity index (χ4v) is 4.34. The van der Waals surface area contributed by atoms with Gasteiger partial charge in [0, 0.05) is 27.2 Å². The van der Waals surface area contributed by atoms with Gasteiger partial charge in [-0.25, -0.2) is 9.97 Å². The van der Waals surface area contributed by atoms with E-state index in [2.05, 4.69) is 20.2 Å². The second kappa shape index (κ2) is 8.36. The highest BCUT2D eigenvalue weighted by molar-refractivity contribution is 7.23. The van der Waals surface area contributed by atoms with Gasteiger partial charge in [-0.05, 0) is 12.1 Å². The van der Waals surface area contributed by atoms with E-state index in [0.29, 0.717) is 42.2 Å². The normalized spacial score (nSPS) is 14.4. The van der Waals surface area contributed by atoms with Crippen LogP contribution in [-0.2, 0) is 23.1 Å². The summed E-state index contributed by atoms with van der Waals surface area (Å²) >= 11 is 1.43. The van der Waals surface area contributed by atoms with E-state index in [9.17, 15) is 4.79 Å². The number of ether oxygens (including phenoxy) is 3. The summed E-state index contributed by atoms with van der Waals surface area (Å²) < 4.78 is 18.7. The van der Waals surface area contributed by atoms with Crippen LogP contribution in [0.3, 0.4) is 0 Å². The number of amides is 1. The molecule has 1 amide bonds. The van der Waals surface area contributed by atoms with Crippen molar-refractivity contribution in [3.63, 3.8) is 0 Å². The van der Waals surface area contributed by atoms with Gasteiger partial charge in [0.25, 0.3) is 5.91 Å². The Kier molecular flexibility index (Phi) is 5.65. The number of hydrogen-bond acceptors (Lipinski definition) is 8. The number of nitrogens with one attached hydrogen (secondary N) is 1. The van der Waals surface area contributed by atoms with Gasteiger partial charge in [0.05, 0.1) is 36.9 Å². The summed E-state index contributed by atoms with van der Waals surface area (Å²) in [6.07, 6.45) is 1.54. The van der Waals surface area contributed by atoms with Crippen molar-refractivity contribution in [2.45, 2.75) is 6.61 Å². The standard InChI is InChI=1S/C19H23N5O4S/c1-23-13(10-20-15(23)11-26-2)18(25)22-19-21-16-14(27-3)5-4-12(17(16)29-19)24-6-8-28-9-7-24/h4-5,10H,6-9,11H2,1-3H3,(H,21,22,25). The van der Waals surface area contributed by atoms with Gasteiger partial charge in [-0.2, -0.15) is 0 Å². The number of morpholine rings is 1. The number of rotatable bonds is 6. The minimum Gasteiger partial charge on any atom is -0.494 e. The fraction of sp³-hybridized carbons (Fsp3) is 0.421. The molecule has 4 rings (SSSR count). The van der Waals surface area contributed by atoms with E-state index in [1.807, 2.05) is 12.1 Å². The summed E-state index contributed by atoms with van der Waals surface area (Å²) in [6.45, 7) is 3.36. The SMILES string of the molecule is COCc1ncc(C(=O)Nc2nc3c(OC)ccc(N4CCOCC4)c3s2)n1C. The lowest BCUT2D eigenvalue weighted by atomic mass is 10.2. The first-order chi connectivity index (χ1) is 14.1. The maximum atomic E-state index is 12.8. The van der Waals surface area contributed by atoms with E-state index in [-0.39, 0.29) is 5.91 Å². The van der Waals surface area contributed by atoms with Crippen molar-refractivity contribution >= 4 is 38.3 Å². The lowest BCUT2D eigenvalue weighted by molar-refractivity contribution is 0.101. The van der Waals surface area contributed by atoms with E-state index in [0.717, 1.165) is 29.0 Å². The van der Waals surface area contributed by atoms with Gasteiger partial charge in [0.15, 0.2) is 5.13 Å². The topological polar surface area (TPSA) is 90.7 Å². The van der Waals surface area contributed by atoms with Crippen LogP contribution < -0.4 is 15.0 Å². The van der Waals surface area contributed by atoms with Crippen molar-refractivity contribution in [2.24, 2.45) is 7.05 Å². The maximum absolute atomic E-state index is 12.8. The Morgan fingerprint density at radius 2 is 2.10 bits per heavy atom. The summed E-state index contributed by atoms with van der Waals surface area (Å²) in [6, 6.07) is 3.95. The summed E-state index contributed by atoms with van der Waals surface area (Å²) in [5.41, 5.74) is 2.25. The molecule has 3 aromatic rings. The molecule has 3 heterocycles. The summed E-state index contributed by atoms with van der Waals surface area (Å²) in [7, 11) is 5.00. The number of hydrogen-bond donors (Lipinski definition) is 1. The van der Waals surface area contributed by atoms with Crippen LogP contribution in [0.5, 0.6) is 5.75 Å². The third-order valence-corrected chi connectivity index (χ3v) is 5.86. The number of benzene rings is 1. The zero-order valence-electron chi connectivity index (χ0n) is 16.6. The Bertz CT molecular complexity index is 1030. The lowest BCUT2D eigenvalue weighted by Gasteiger charge is -2.29. The molecule has 0 unspecified atom stereocenters. The number of nitrogens with zero attached hydrogens (tertiary/aromatic N) is 4. The summed E-state index contributed by atoms with van der Waals surface area (Å²) in [4.78, 5) is 23.9. The van der Waals surface area contributed by atoms with E-state index in [1.165, 1.54) is 17.5 Å². The van der Waals surface area contributed by atoms with Crippen LogP contribution >= 0.6 is 11.3 Å². The van der Waals surface area contributed by atoms with Gasteiger partial charge >= 0.3 is 0 Å². The molecule has 0 saturated carbocycles. The molecule has 0 aliphatic carbocycles. The van der Waals surface area contributed by atoms with Crippen LogP contribution in [0.1, 0.15) is 16.3 Å². The van der Waals surface area contributed by atoms with Crippen LogP contribution in [0.15, 0.2) is 18.3 Å². The van der Waals surface area contributed by atoms with Gasteiger partial charge in [-0.1, -0.05) is 11.3 Å². The highest BCUT2D eigenvalue weighted by Gasteiger charge is 2.21. The molecule has 2 aromatic heterocycles. The predicted octanol–water partition coefficient (Wildman–Crippen LogP) is 2.27. The average Bonchev–Trinajstić information content (AvgIpc) is 3.32. The molecule has 1 aliphatic rings. The smallest absolute Gasteiger partial charge is 0.275 e. The molecule has 1 aromatic carbocycles. The first-order valence-corrected chi connectivity index (χ1v) is 10.0. The van der Waals surface area contributed by atoms with Gasteiger partial charge in [-0.15, -0.1) is 0 Å². The van der Waals surface area contributed by atoms with E-state index in [1.54, 1.807) is 25.8 Å². The lowest BCUT2D eigenvalue weighted by Crippen LogP contribution is -2.36. The van der Waals surface area contributed by atoms with Crippen LogP contribution in [0, 0.1) is 0 Å². The fourth-order valence-electron chi connectivity index (χ4n) is 3.32. The van der Waals surface area contributed by atoms with E-state index >= 15 is 0 Å². The summed E-state index contributed by atoms with van der Waals surface area (Å²) in [5.74, 6) is 1.09. The molecule has 0 bridgehead atoms. The number of aromatic nitrogens is 3. The van der Waals surface area contributed by atoms with E-state index < -0.39 is 0 Å². The molecule has 0 spiro atoms. The number of imidazole rings is 1. The Morgan fingerprint density at radius 1 is 1.31 bits per heavy atom. The number of anilines is 2. The number of fused-ring (bicyclic) bond motifs is 1. The van der Waals surface area contributed by atoms with Gasteiger partial charge < -0.3 is 23.7 Å². The quantitative estimate of drug-likeness (QED) is 0.658. The number of thiazole rings is 1. The van der Waals surface area contributed by atoms with Gasteiger partial charge in [0.1, 0.15) is 29.4 Å². The van der Waals surface area contributed by atoms with Crippen molar-refractivity contribution in [1.82, 2.24) is 14.5 Å².